The van der Waals surface area contributed by atoms with Crippen LogP contribution in [0.5, 0.6) is 0 Å². The molecule has 0 aliphatic heterocycles. The summed E-state index contributed by atoms with van der Waals surface area (Å²) < 4.78 is 5.83. The topological polar surface area (TPSA) is 55.1 Å². The van der Waals surface area contributed by atoms with Crippen molar-refractivity contribution in [3.8, 4) is 11.5 Å². The first kappa shape index (κ1) is 17.3. The number of amides is 1. The summed E-state index contributed by atoms with van der Waals surface area (Å²) in [6.45, 7) is 3.91. The SMILES string of the molecule is Cc1cccc(C(=O)Nc2cc(-c3nc4cc(Cl)ccc4o3)ccc2C)c1. The van der Waals surface area contributed by atoms with Crippen LogP contribution >= 0.6 is 11.6 Å². The highest BCUT2D eigenvalue weighted by Crippen LogP contribution is 2.29. The Bertz CT molecular complexity index is 1160. The lowest BCUT2D eigenvalue weighted by atomic mass is 10.1. The van der Waals surface area contributed by atoms with Gasteiger partial charge in [-0.25, -0.2) is 4.98 Å². The van der Waals surface area contributed by atoms with Crippen LogP contribution in [-0.4, -0.2) is 10.9 Å². The zero-order chi connectivity index (χ0) is 19.0. The lowest BCUT2D eigenvalue weighted by Crippen LogP contribution is -2.13. The van der Waals surface area contributed by atoms with Crippen LogP contribution in [0, 0.1) is 13.8 Å². The maximum Gasteiger partial charge on any atom is 0.255 e. The zero-order valence-electron chi connectivity index (χ0n) is 14.9. The Balaban J connectivity index is 1.67. The van der Waals surface area contributed by atoms with E-state index in [0.29, 0.717) is 27.6 Å². The number of carbonyl (C=O) groups excluding carboxylic acids is 1. The first-order valence-corrected chi connectivity index (χ1v) is 8.92. The van der Waals surface area contributed by atoms with Crippen LogP contribution in [0.2, 0.25) is 5.02 Å². The summed E-state index contributed by atoms with van der Waals surface area (Å²) >= 11 is 6.02. The molecular formula is C22H17ClN2O2. The first-order valence-electron chi connectivity index (χ1n) is 8.55. The molecule has 0 aliphatic rings. The van der Waals surface area contributed by atoms with Crippen molar-refractivity contribution in [1.82, 2.24) is 4.98 Å². The molecule has 134 valence electrons. The van der Waals surface area contributed by atoms with Gasteiger partial charge in [-0.05, 0) is 61.9 Å². The molecule has 4 rings (SSSR count). The summed E-state index contributed by atoms with van der Waals surface area (Å²) in [5, 5.41) is 3.59. The second-order valence-corrected chi connectivity index (χ2v) is 6.92. The number of nitrogens with zero attached hydrogens (tertiary/aromatic N) is 1. The molecule has 0 atom stereocenters. The van der Waals surface area contributed by atoms with Crippen LogP contribution in [-0.2, 0) is 0 Å². The number of halogens is 1. The second-order valence-electron chi connectivity index (χ2n) is 6.48. The number of rotatable bonds is 3. The summed E-state index contributed by atoms with van der Waals surface area (Å²) in [7, 11) is 0. The van der Waals surface area contributed by atoms with Crippen molar-refractivity contribution in [1.29, 1.82) is 0 Å². The maximum absolute atomic E-state index is 12.6. The van der Waals surface area contributed by atoms with Crippen LogP contribution in [0.1, 0.15) is 21.5 Å². The Morgan fingerprint density at radius 2 is 1.89 bits per heavy atom. The summed E-state index contributed by atoms with van der Waals surface area (Å²) in [6, 6.07) is 18.5. The average Bonchev–Trinajstić information content (AvgIpc) is 3.06. The van der Waals surface area contributed by atoms with E-state index in [9.17, 15) is 4.79 Å². The molecule has 0 fully saturated rings. The van der Waals surface area contributed by atoms with Gasteiger partial charge < -0.3 is 9.73 Å². The fourth-order valence-electron chi connectivity index (χ4n) is 2.89. The van der Waals surface area contributed by atoms with Crippen molar-refractivity contribution in [2.75, 3.05) is 5.32 Å². The second kappa shape index (κ2) is 6.89. The van der Waals surface area contributed by atoms with Gasteiger partial charge in [-0.15, -0.1) is 0 Å². The van der Waals surface area contributed by atoms with E-state index in [0.717, 1.165) is 22.4 Å². The fraction of sp³-hybridized carbons (Fsp3) is 0.0909. The minimum absolute atomic E-state index is 0.150. The van der Waals surface area contributed by atoms with E-state index >= 15 is 0 Å². The Kier molecular flexibility index (Phi) is 4.42. The molecule has 0 spiro atoms. The molecule has 4 nitrogen and oxygen atoms in total. The van der Waals surface area contributed by atoms with Gasteiger partial charge >= 0.3 is 0 Å². The van der Waals surface area contributed by atoms with E-state index in [4.69, 9.17) is 16.0 Å². The number of oxazole rings is 1. The van der Waals surface area contributed by atoms with Gasteiger partial charge in [0.2, 0.25) is 5.89 Å². The monoisotopic (exact) mass is 376 g/mol. The number of hydrogen-bond acceptors (Lipinski definition) is 3. The molecule has 1 aromatic heterocycles. The molecule has 0 saturated heterocycles. The molecule has 3 aromatic carbocycles. The van der Waals surface area contributed by atoms with Gasteiger partial charge in [-0.2, -0.15) is 0 Å². The quantitative estimate of drug-likeness (QED) is 0.475. The highest BCUT2D eigenvalue weighted by Gasteiger charge is 2.13. The molecular weight excluding hydrogens is 360 g/mol. The summed E-state index contributed by atoms with van der Waals surface area (Å²) in [5.74, 6) is 0.335. The van der Waals surface area contributed by atoms with Gasteiger partial charge in [0, 0.05) is 21.8 Å². The van der Waals surface area contributed by atoms with Crippen LogP contribution < -0.4 is 5.32 Å². The average molecular weight is 377 g/mol. The molecule has 1 amide bonds. The largest absolute Gasteiger partial charge is 0.436 e. The highest BCUT2D eigenvalue weighted by atomic mass is 35.5. The first-order chi connectivity index (χ1) is 13.0. The molecule has 0 radical (unpaired) electrons. The third-order valence-electron chi connectivity index (χ3n) is 4.36. The van der Waals surface area contributed by atoms with Gasteiger partial charge in [0.1, 0.15) is 5.52 Å². The number of aromatic nitrogens is 1. The summed E-state index contributed by atoms with van der Waals surface area (Å²) in [6.07, 6.45) is 0. The van der Waals surface area contributed by atoms with E-state index in [2.05, 4.69) is 10.3 Å². The molecule has 0 aliphatic carbocycles. The number of fused-ring (bicyclic) bond motifs is 1. The predicted octanol–water partition coefficient (Wildman–Crippen LogP) is 6.02. The van der Waals surface area contributed by atoms with E-state index < -0.39 is 0 Å². The van der Waals surface area contributed by atoms with Gasteiger partial charge in [-0.3, -0.25) is 4.79 Å². The van der Waals surface area contributed by atoms with Crippen molar-refractivity contribution in [2.45, 2.75) is 13.8 Å². The van der Waals surface area contributed by atoms with E-state index in [-0.39, 0.29) is 5.91 Å². The number of anilines is 1. The lowest BCUT2D eigenvalue weighted by molar-refractivity contribution is 0.102. The number of aryl methyl sites for hydroxylation is 2. The number of hydrogen-bond donors (Lipinski definition) is 1. The molecule has 0 saturated carbocycles. The van der Waals surface area contributed by atoms with Crippen LogP contribution in [0.15, 0.2) is 65.1 Å². The van der Waals surface area contributed by atoms with Crippen molar-refractivity contribution in [3.05, 3.63) is 82.4 Å². The molecule has 0 bridgehead atoms. The fourth-order valence-corrected chi connectivity index (χ4v) is 3.06. The third kappa shape index (κ3) is 3.57. The minimum Gasteiger partial charge on any atom is -0.436 e. The maximum atomic E-state index is 12.6. The molecule has 4 aromatic rings. The standard InChI is InChI=1S/C22H17ClN2O2/c1-13-4-3-5-15(10-13)21(26)24-18-11-16(7-6-14(18)2)22-25-19-12-17(23)8-9-20(19)27-22/h3-12H,1-2H3,(H,24,26). The van der Waals surface area contributed by atoms with E-state index in [1.54, 1.807) is 24.3 Å². The molecule has 1 heterocycles. The Labute approximate surface area is 161 Å². The Hall–Kier alpha value is -3.11. The van der Waals surface area contributed by atoms with Crippen molar-refractivity contribution in [2.24, 2.45) is 0 Å². The van der Waals surface area contributed by atoms with Crippen molar-refractivity contribution < 1.29 is 9.21 Å². The van der Waals surface area contributed by atoms with Gasteiger partial charge in [0.25, 0.3) is 5.91 Å². The smallest absolute Gasteiger partial charge is 0.255 e. The van der Waals surface area contributed by atoms with Gasteiger partial charge in [0.05, 0.1) is 0 Å². The Morgan fingerprint density at radius 3 is 2.70 bits per heavy atom. The number of benzene rings is 3. The minimum atomic E-state index is -0.150. The normalized spacial score (nSPS) is 10.9. The van der Waals surface area contributed by atoms with Crippen LogP contribution in [0.4, 0.5) is 5.69 Å². The molecule has 5 heteroatoms. The molecule has 27 heavy (non-hydrogen) atoms. The third-order valence-corrected chi connectivity index (χ3v) is 4.60. The zero-order valence-corrected chi connectivity index (χ0v) is 15.7. The molecule has 0 unspecified atom stereocenters. The van der Waals surface area contributed by atoms with Crippen LogP contribution in [0.25, 0.3) is 22.6 Å². The summed E-state index contributed by atoms with van der Waals surface area (Å²) in [5.41, 5.74) is 5.49. The van der Waals surface area contributed by atoms with Crippen molar-refractivity contribution in [3.63, 3.8) is 0 Å². The van der Waals surface area contributed by atoms with E-state index in [1.807, 2.05) is 50.2 Å². The van der Waals surface area contributed by atoms with Crippen LogP contribution in [0.3, 0.4) is 0 Å². The highest BCUT2D eigenvalue weighted by molar-refractivity contribution is 6.31. The van der Waals surface area contributed by atoms with Gasteiger partial charge in [-0.1, -0.05) is 35.4 Å². The van der Waals surface area contributed by atoms with E-state index in [1.165, 1.54) is 0 Å². The molecule has 1 N–H and O–H groups in total. The van der Waals surface area contributed by atoms with Crippen molar-refractivity contribution >= 4 is 34.3 Å². The predicted molar refractivity (Wildman–Crippen MR) is 108 cm³/mol. The van der Waals surface area contributed by atoms with Gasteiger partial charge in [0.15, 0.2) is 5.58 Å². The lowest BCUT2D eigenvalue weighted by Gasteiger charge is -2.10. The number of nitrogens with one attached hydrogen (secondary N) is 1. The number of carbonyl (C=O) groups is 1. The summed E-state index contributed by atoms with van der Waals surface area (Å²) in [4.78, 5) is 17.1. The Morgan fingerprint density at radius 1 is 1.04 bits per heavy atom.